The number of aliphatic hydroxyl groups excluding tert-OH is 1. The van der Waals surface area contributed by atoms with Crippen LogP contribution in [-0.4, -0.2) is 46.5 Å². The molecule has 2 N–H and O–H groups in total. The van der Waals surface area contributed by atoms with Gasteiger partial charge in [-0.05, 0) is 91.3 Å². The quantitative estimate of drug-likeness (QED) is 0.434. The van der Waals surface area contributed by atoms with E-state index in [1.807, 2.05) is 48.5 Å². The molecule has 3 aliphatic rings. The zero-order chi connectivity index (χ0) is 27.0. The lowest BCUT2D eigenvalue weighted by Crippen LogP contribution is -2.51. The highest BCUT2D eigenvalue weighted by Crippen LogP contribution is 2.32. The number of aryl methyl sites for hydroxylation is 2. The van der Waals surface area contributed by atoms with Crippen molar-refractivity contribution in [3.8, 4) is 11.5 Å². The molecule has 6 rings (SSSR count). The molecule has 0 spiro atoms. The molecule has 6 nitrogen and oxygen atoms in total. The minimum atomic E-state index is -0.725. The molecule has 1 heterocycles. The molecule has 3 aromatic rings. The van der Waals surface area contributed by atoms with Gasteiger partial charge in [0.05, 0.1) is 6.54 Å². The second kappa shape index (κ2) is 13.0. The Kier molecular flexibility index (Phi) is 9.04. The van der Waals surface area contributed by atoms with E-state index in [1.54, 1.807) is 11.0 Å². The summed E-state index contributed by atoms with van der Waals surface area (Å²) in [6.45, 7) is 0.986. The smallest absolute Gasteiger partial charge is 0.410 e. The summed E-state index contributed by atoms with van der Waals surface area (Å²) in [7, 11) is 0. The van der Waals surface area contributed by atoms with Gasteiger partial charge in [0.1, 0.15) is 30.3 Å². The first kappa shape index (κ1) is 27.1. The van der Waals surface area contributed by atoms with Gasteiger partial charge in [0.25, 0.3) is 0 Å². The molecule has 0 aromatic heterocycles. The number of carbonyl (C=O) groups is 1. The molecule has 0 radical (unpaired) electrons. The fourth-order valence-corrected chi connectivity index (χ4v) is 5.80. The number of aromatic hydroxyl groups is 1. The summed E-state index contributed by atoms with van der Waals surface area (Å²) in [6.07, 6.45) is 8.41. The van der Waals surface area contributed by atoms with Crippen LogP contribution in [0, 0.1) is 0 Å². The van der Waals surface area contributed by atoms with Crippen molar-refractivity contribution in [1.29, 1.82) is 0 Å². The molecule has 39 heavy (non-hydrogen) atoms. The van der Waals surface area contributed by atoms with E-state index in [-0.39, 0.29) is 19.3 Å². The second-order valence-electron chi connectivity index (χ2n) is 10.7. The molecule has 1 aliphatic heterocycles. The molecule has 0 bridgehead atoms. The van der Waals surface area contributed by atoms with Gasteiger partial charge in [0.15, 0.2) is 0 Å². The van der Waals surface area contributed by atoms with Gasteiger partial charge in [-0.25, -0.2) is 4.79 Å². The Bertz CT molecular complexity index is 1240. The molecule has 1 fully saturated rings. The number of β-amino-alcohol motifs (C(OH)–C–C–N with tert-alkyl or cyclic N) is 1. The van der Waals surface area contributed by atoms with Crippen molar-refractivity contribution in [2.75, 3.05) is 13.1 Å². The first-order valence-corrected chi connectivity index (χ1v) is 14.3. The number of carbonyl (C=O) groups excluding carboxylic acids is 1. The Morgan fingerprint density at radius 1 is 0.821 bits per heavy atom. The zero-order valence-electron chi connectivity index (χ0n) is 22.6. The average Bonchev–Trinajstić information content (AvgIpc) is 2.98. The Morgan fingerprint density at radius 3 is 2.21 bits per heavy atom. The van der Waals surface area contributed by atoms with Crippen LogP contribution in [0.15, 0.2) is 66.7 Å². The van der Waals surface area contributed by atoms with Gasteiger partial charge in [0.2, 0.25) is 0 Å². The lowest BCUT2D eigenvalue weighted by molar-refractivity contribution is -0.0256. The van der Waals surface area contributed by atoms with Crippen LogP contribution in [0.2, 0.25) is 0 Å². The number of aliphatic hydroxyl groups is 1. The van der Waals surface area contributed by atoms with Gasteiger partial charge in [-0.2, -0.15) is 0 Å². The highest BCUT2D eigenvalue weighted by Gasteiger charge is 2.33. The molecular formula is C33H39NO5. The second-order valence-corrected chi connectivity index (χ2v) is 10.7. The molecule has 2 atom stereocenters. The summed E-state index contributed by atoms with van der Waals surface area (Å²) >= 11 is 0. The number of rotatable bonds is 4. The van der Waals surface area contributed by atoms with E-state index in [1.165, 1.54) is 47.9 Å². The number of likely N-dealkylation sites (tertiary alicyclic amines) is 1. The van der Waals surface area contributed by atoms with Crippen LogP contribution in [0.3, 0.4) is 0 Å². The van der Waals surface area contributed by atoms with Crippen LogP contribution in [-0.2, 0) is 37.0 Å². The van der Waals surface area contributed by atoms with E-state index in [0.717, 1.165) is 37.0 Å². The molecular weight excluding hydrogens is 490 g/mol. The number of phenols is 1. The predicted octanol–water partition coefficient (Wildman–Crippen LogP) is 5.99. The molecule has 3 aromatic carbocycles. The minimum Gasteiger partial charge on any atom is -0.508 e. The Labute approximate surface area is 231 Å². The third-order valence-corrected chi connectivity index (χ3v) is 7.99. The van der Waals surface area contributed by atoms with Crippen LogP contribution < -0.4 is 4.74 Å². The van der Waals surface area contributed by atoms with Gasteiger partial charge in [-0.1, -0.05) is 54.6 Å². The SMILES string of the molecule is O=C(OCc1ccccc1)N1CC[C@@H](Oc2cccc3c2CCCC3)[C@H](O)C1.Oc1cccc2c1CCCC2. The number of nitrogens with zero attached hydrogens (tertiary/aromatic N) is 1. The van der Waals surface area contributed by atoms with Crippen LogP contribution in [0.1, 0.15) is 59.9 Å². The highest BCUT2D eigenvalue weighted by atomic mass is 16.6. The van der Waals surface area contributed by atoms with E-state index in [0.29, 0.717) is 18.7 Å². The van der Waals surface area contributed by atoms with Gasteiger partial charge < -0.3 is 24.6 Å². The number of benzene rings is 3. The number of ether oxygens (including phenoxy) is 2. The van der Waals surface area contributed by atoms with Crippen molar-refractivity contribution < 1.29 is 24.5 Å². The molecule has 206 valence electrons. The summed E-state index contributed by atoms with van der Waals surface area (Å²) in [6, 6.07) is 21.6. The minimum absolute atomic E-state index is 0.229. The summed E-state index contributed by atoms with van der Waals surface area (Å²) in [5.41, 5.74) is 6.12. The van der Waals surface area contributed by atoms with Crippen molar-refractivity contribution in [2.45, 2.75) is 76.6 Å². The lowest BCUT2D eigenvalue weighted by Gasteiger charge is -2.36. The normalized spacial score (nSPS) is 20.1. The van der Waals surface area contributed by atoms with E-state index in [4.69, 9.17) is 9.47 Å². The number of hydrogen-bond acceptors (Lipinski definition) is 5. The maximum absolute atomic E-state index is 12.3. The third kappa shape index (κ3) is 6.93. The number of piperidine rings is 1. The van der Waals surface area contributed by atoms with Crippen molar-refractivity contribution in [3.05, 3.63) is 94.5 Å². The fraction of sp³-hybridized carbons (Fsp3) is 0.424. The van der Waals surface area contributed by atoms with E-state index >= 15 is 0 Å². The van der Waals surface area contributed by atoms with Gasteiger partial charge in [-0.3, -0.25) is 0 Å². The Morgan fingerprint density at radius 2 is 1.49 bits per heavy atom. The molecule has 0 unspecified atom stereocenters. The van der Waals surface area contributed by atoms with Crippen LogP contribution in [0.25, 0.3) is 0 Å². The fourth-order valence-electron chi connectivity index (χ4n) is 5.80. The van der Waals surface area contributed by atoms with Crippen molar-refractivity contribution in [2.24, 2.45) is 0 Å². The summed E-state index contributed by atoms with van der Waals surface area (Å²) < 4.78 is 11.6. The molecule has 6 heteroatoms. The van der Waals surface area contributed by atoms with Gasteiger partial charge in [-0.15, -0.1) is 0 Å². The molecule has 2 aliphatic carbocycles. The number of fused-ring (bicyclic) bond motifs is 2. The first-order chi connectivity index (χ1) is 19.1. The molecule has 1 saturated heterocycles. The van der Waals surface area contributed by atoms with Crippen LogP contribution in [0.5, 0.6) is 11.5 Å². The third-order valence-electron chi connectivity index (χ3n) is 7.99. The summed E-state index contributed by atoms with van der Waals surface area (Å²) in [5.74, 6) is 1.38. The zero-order valence-corrected chi connectivity index (χ0v) is 22.6. The van der Waals surface area contributed by atoms with Crippen LogP contribution in [0.4, 0.5) is 4.79 Å². The number of phenolic OH excluding ortho intramolecular Hbond substituents is 1. The largest absolute Gasteiger partial charge is 0.508 e. The standard InChI is InChI=1S/C23H27NO4.C10H12O/c25-20-15-24(23(26)27-16-17-7-2-1-3-8-17)14-13-22(20)28-21-12-6-10-18-9-4-5-11-19(18)21;11-10-7-3-5-8-4-1-2-6-9(8)10/h1-3,6-8,10,12,20,22,25H,4-5,9,11,13-16H2;3,5,7,11H,1-2,4,6H2/t20-,22-;/m1./s1. The topological polar surface area (TPSA) is 79.2 Å². The van der Waals surface area contributed by atoms with Crippen LogP contribution >= 0.6 is 0 Å². The average molecular weight is 530 g/mol. The maximum atomic E-state index is 12.3. The highest BCUT2D eigenvalue weighted by molar-refractivity contribution is 5.67. The summed E-state index contributed by atoms with van der Waals surface area (Å²) in [5, 5.41) is 20.0. The summed E-state index contributed by atoms with van der Waals surface area (Å²) in [4.78, 5) is 13.9. The Hall–Kier alpha value is -3.51. The number of amides is 1. The van der Waals surface area contributed by atoms with Gasteiger partial charge >= 0.3 is 6.09 Å². The van der Waals surface area contributed by atoms with Crippen molar-refractivity contribution >= 4 is 6.09 Å². The van der Waals surface area contributed by atoms with E-state index in [9.17, 15) is 15.0 Å². The number of hydrogen-bond donors (Lipinski definition) is 2. The van der Waals surface area contributed by atoms with Crippen molar-refractivity contribution in [1.82, 2.24) is 4.90 Å². The maximum Gasteiger partial charge on any atom is 0.410 e. The monoisotopic (exact) mass is 529 g/mol. The van der Waals surface area contributed by atoms with Gasteiger partial charge in [0, 0.05) is 13.0 Å². The predicted molar refractivity (Wildman–Crippen MR) is 151 cm³/mol. The first-order valence-electron chi connectivity index (χ1n) is 14.3. The van der Waals surface area contributed by atoms with Crippen molar-refractivity contribution in [3.63, 3.8) is 0 Å². The molecule has 1 amide bonds. The Balaban J connectivity index is 0.000000233. The lowest BCUT2D eigenvalue weighted by atomic mass is 9.91. The van der Waals surface area contributed by atoms with E-state index in [2.05, 4.69) is 12.1 Å². The molecule has 0 saturated carbocycles. The van der Waals surface area contributed by atoms with E-state index < -0.39 is 12.2 Å².